The Morgan fingerprint density at radius 3 is 2.40 bits per heavy atom. The molecule has 0 bridgehead atoms. The molecule has 4 rings (SSSR count). The molecule has 0 aromatic heterocycles. The van der Waals surface area contributed by atoms with E-state index in [2.05, 4.69) is 42.5 Å². The Bertz CT molecular complexity index is 1230. The lowest BCUT2D eigenvalue weighted by molar-refractivity contribution is -0.143. The van der Waals surface area contributed by atoms with Crippen molar-refractivity contribution in [2.24, 2.45) is 0 Å². The molecule has 4 heteroatoms. The summed E-state index contributed by atoms with van der Waals surface area (Å²) in [6.45, 7) is 3.38. The minimum absolute atomic E-state index is 0.246. The van der Waals surface area contributed by atoms with Gasteiger partial charge in [0, 0.05) is 13.8 Å². The third-order valence-corrected chi connectivity index (χ3v) is 5.59. The van der Waals surface area contributed by atoms with Gasteiger partial charge in [-0.3, -0.25) is 9.59 Å². The number of hydrogen-bond donors (Lipinski definition) is 0. The fourth-order valence-corrected chi connectivity index (χ4v) is 4.03. The lowest BCUT2D eigenvalue weighted by atomic mass is 9.74. The van der Waals surface area contributed by atoms with Crippen molar-refractivity contribution in [3.63, 3.8) is 0 Å². The molecule has 3 aromatic carbocycles. The first kappa shape index (κ1) is 19.9. The van der Waals surface area contributed by atoms with Crippen molar-refractivity contribution in [2.45, 2.75) is 32.3 Å². The van der Waals surface area contributed by atoms with E-state index in [4.69, 9.17) is 9.47 Å². The van der Waals surface area contributed by atoms with Gasteiger partial charge in [0.1, 0.15) is 13.2 Å². The van der Waals surface area contributed by atoms with Crippen LogP contribution >= 0.6 is 0 Å². The smallest absolute Gasteiger partial charge is 0.302 e. The summed E-state index contributed by atoms with van der Waals surface area (Å²) in [6.07, 6.45) is 5.19. The van der Waals surface area contributed by atoms with Crippen LogP contribution in [0.4, 0.5) is 0 Å². The van der Waals surface area contributed by atoms with Crippen molar-refractivity contribution in [3.8, 4) is 0 Å². The SMILES string of the molecule is CC(=O)OCc1ccc2ccc3c(c2c1)=CC(COC(C)=O)(c1ccccc1)CC=3. The topological polar surface area (TPSA) is 52.6 Å². The van der Waals surface area contributed by atoms with E-state index in [0.717, 1.165) is 38.8 Å². The summed E-state index contributed by atoms with van der Waals surface area (Å²) in [6, 6.07) is 20.5. The van der Waals surface area contributed by atoms with Gasteiger partial charge in [-0.15, -0.1) is 0 Å². The van der Waals surface area contributed by atoms with Crippen LogP contribution < -0.4 is 10.4 Å². The van der Waals surface area contributed by atoms with E-state index in [-0.39, 0.29) is 25.2 Å². The molecule has 0 saturated carbocycles. The Morgan fingerprint density at radius 1 is 0.933 bits per heavy atom. The molecule has 1 aliphatic carbocycles. The van der Waals surface area contributed by atoms with Crippen molar-refractivity contribution >= 4 is 34.9 Å². The monoisotopic (exact) mass is 400 g/mol. The Kier molecular flexibility index (Phi) is 5.40. The van der Waals surface area contributed by atoms with Crippen LogP contribution in [0.1, 0.15) is 31.4 Å². The van der Waals surface area contributed by atoms with E-state index in [9.17, 15) is 9.59 Å². The van der Waals surface area contributed by atoms with E-state index in [1.165, 1.54) is 13.8 Å². The molecule has 152 valence electrons. The Hall–Kier alpha value is -3.40. The summed E-state index contributed by atoms with van der Waals surface area (Å²) < 4.78 is 10.7. The van der Waals surface area contributed by atoms with Crippen molar-refractivity contribution in [1.82, 2.24) is 0 Å². The normalized spacial score (nSPS) is 17.4. The fourth-order valence-electron chi connectivity index (χ4n) is 4.03. The zero-order valence-electron chi connectivity index (χ0n) is 17.2. The summed E-state index contributed by atoms with van der Waals surface area (Å²) in [7, 11) is 0. The van der Waals surface area contributed by atoms with Gasteiger partial charge in [-0.1, -0.05) is 66.7 Å². The Labute approximate surface area is 175 Å². The van der Waals surface area contributed by atoms with Crippen LogP contribution in [-0.2, 0) is 31.1 Å². The molecule has 0 N–H and O–H groups in total. The highest BCUT2D eigenvalue weighted by molar-refractivity contribution is 5.86. The number of esters is 2. The standard InChI is InChI=1S/C26H24O4/c1-18(27)29-16-20-8-9-21-10-11-22-12-13-26(17-30-19(2)28,15-25(22)24(21)14-20)23-6-4-3-5-7-23/h3-12,14-15H,13,16-17H2,1-2H3. The van der Waals surface area contributed by atoms with E-state index in [1.807, 2.05) is 30.3 Å². The second-order valence-electron chi connectivity index (χ2n) is 7.76. The van der Waals surface area contributed by atoms with Gasteiger partial charge in [0.05, 0.1) is 5.41 Å². The molecular weight excluding hydrogens is 376 g/mol. The third-order valence-electron chi connectivity index (χ3n) is 5.59. The molecule has 30 heavy (non-hydrogen) atoms. The summed E-state index contributed by atoms with van der Waals surface area (Å²) in [5.41, 5.74) is 1.62. The number of ether oxygens (including phenoxy) is 2. The van der Waals surface area contributed by atoms with Crippen LogP contribution in [0.15, 0.2) is 60.7 Å². The molecule has 1 unspecified atom stereocenters. The van der Waals surface area contributed by atoms with Crippen LogP contribution in [0.5, 0.6) is 0 Å². The molecular formula is C26H24O4. The highest BCUT2D eigenvalue weighted by atomic mass is 16.5. The zero-order chi connectivity index (χ0) is 21.1. The Morgan fingerprint density at radius 2 is 1.67 bits per heavy atom. The maximum Gasteiger partial charge on any atom is 0.302 e. The summed E-state index contributed by atoms with van der Waals surface area (Å²) >= 11 is 0. The lowest BCUT2D eigenvalue weighted by Crippen LogP contribution is -2.40. The fraction of sp³-hybridized carbons (Fsp3) is 0.231. The van der Waals surface area contributed by atoms with Gasteiger partial charge in [-0.2, -0.15) is 0 Å². The molecule has 0 amide bonds. The number of hydrogen-bond acceptors (Lipinski definition) is 4. The number of rotatable bonds is 5. The van der Waals surface area contributed by atoms with Gasteiger partial charge in [0.25, 0.3) is 0 Å². The van der Waals surface area contributed by atoms with E-state index in [0.29, 0.717) is 0 Å². The summed E-state index contributed by atoms with van der Waals surface area (Å²) in [5.74, 6) is -0.583. The van der Waals surface area contributed by atoms with Crippen LogP contribution in [0, 0.1) is 0 Å². The van der Waals surface area contributed by atoms with Crippen molar-refractivity contribution < 1.29 is 19.1 Å². The number of carbonyl (C=O) groups is 2. The molecule has 0 aliphatic heterocycles. The molecule has 0 spiro atoms. The van der Waals surface area contributed by atoms with Gasteiger partial charge in [-0.05, 0) is 44.8 Å². The van der Waals surface area contributed by atoms with Crippen molar-refractivity contribution in [1.29, 1.82) is 0 Å². The average Bonchev–Trinajstić information content (AvgIpc) is 2.76. The number of benzene rings is 3. The first-order valence-electron chi connectivity index (χ1n) is 10.0. The molecule has 4 nitrogen and oxygen atoms in total. The maximum absolute atomic E-state index is 11.6. The van der Waals surface area contributed by atoms with Gasteiger partial charge in [0.15, 0.2) is 0 Å². The molecule has 1 aliphatic rings. The third kappa shape index (κ3) is 3.99. The van der Waals surface area contributed by atoms with Crippen molar-refractivity contribution in [3.05, 3.63) is 82.2 Å². The maximum atomic E-state index is 11.6. The van der Waals surface area contributed by atoms with Crippen LogP contribution in [0.2, 0.25) is 0 Å². The predicted octanol–water partition coefficient (Wildman–Crippen LogP) is 3.37. The predicted molar refractivity (Wildman–Crippen MR) is 117 cm³/mol. The zero-order valence-corrected chi connectivity index (χ0v) is 17.2. The first-order valence-corrected chi connectivity index (χ1v) is 10.0. The van der Waals surface area contributed by atoms with Crippen LogP contribution in [0.3, 0.4) is 0 Å². The second-order valence-corrected chi connectivity index (χ2v) is 7.76. The number of carbonyl (C=O) groups excluding carboxylic acids is 2. The van der Waals surface area contributed by atoms with Crippen LogP contribution in [-0.4, -0.2) is 18.5 Å². The first-order chi connectivity index (χ1) is 14.5. The lowest BCUT2D eigenvalue weighted by Gasteiger charge is -2.32. The van der Waals surface area contributed by atoms with Gasteiger partial charge in [0.2, 0.25) is 0 Å². The number of fused-ring (bicyclic) bond motifs is 3. The molecule has 0 radical (unpaired) electrons. The largest absolute Gasteiger partial charge is 0.465 e. The van der Waals surface area contributed by atoms with E-state index < -0.39 is 5.41 Å². The second kappa shape index (κ2) is 8.15. The highest BCUT2D eigenvalue weighted by Crippen LogP contribution is 2.32. The van der Waals surface area contributed by atoms with Gasteiger partial charge in [-0.25, -0.2) is 0 Å². The van der Waals surface area contributed by atoms with E-state index >= 15 is 0 Å². The summed E-state index contributed by atoms with van der Waals surface area (Å²) in [4.78, 5) is 22.8. The van der Waals surface area contributed by atoms with Crippen LogP contribution in [0.25, 0.3) is 22.9 Å². The molecule has 0 fully saturated rings. The highest BCUT2D eigenvalue weighted by Gasteiger charge is 2.32. The summed E-state index contributed by atoms with van der Waals surface area (Å²) in [5, 5.41) is 4.47. The molecule has 0 heterocycles. The van der Waals surface area contributed by atoms with Gasteiger partial charge < -0.3 is 9.47 Å². The molecule has 1 atom stereocenters. The molecule has 0 saturated heterocycles. The quantitative estimate of drug-likeness (QED) is 0.616. The van der Waals surface area contributed by atoms with Gasteiger partial charge >= 0.3 is 11.9 Å². The minimum Gasteiger partial charge on any atom is -0.465 e. The Balaban J connectivity index is 1.90. The minimum atomic E-state index is -0.430. The average molecular weight is 400 g/mol. The molecule has 3 aromatic rings. The van der Waals surface area contributed by atoms with Crippen molar-refractivity contribution in [2.75, 3.05) is 6.61 Å². The van der Waals surface area contributed by atoms with E-state index in [1.54, 1.807) is 0 Å².